The van der Waals surface area contributed by atoms with Crippen LogP contribution >= 0.6 is 0 Å². The van der Waals surface area contributed by atoms with E-state index in [4.69, 9.17) is 9.16 Å². The Morgan fingerprint density at radius 3 is 2.33 bits per heavy atom. The Hall–Kier alpha value is -1.22. The predicted molar refractivity (Wildman–Crippen MR) is 92.7 cm³/mol. The molecule has 0 N–H and O–H groups in total. The second-order valence-electron chi connectivity index (χ2n) is 8.05. The molecule has 1 aromatic carbocycles. The molecular formula is C18H28O2Si. The summed E-state index contributed by atoms with van der Waals surface area (Å²) in [7, 11) is -1.82. The predicted octanol–water partition coefficient (Wildman–Crippen LogP) is 5.56. The third-order valence-corrected chi connectivity index (χ3v) is 8.88. The summed E-state index contributed by atoms with van der Waals surface area (Å²) >= 11 is 0. The highest BCUT2D eigenvalue weighted by Gasteiger charge is 2.39. The zero-order valence-electron chi connectivity index (χ0n) is 14.6. The van der Waals surface area contributed by atoms with Gasteiger partial charge in [0.1, 0.15) is 17.1 Å². The summed E-state index contributed by atoms with van der Waals surface area (Å²) < 4.78 is 12.5. The summed E-state index contributed by atoms with van der Waals surface area (Å²) in [6.07, 6.45) is 4.26. The molecule has 0 atom stereocenters. The second-order valence-corrected chi connectivity index (χ2v) is 12.8. The molecular weight excluding hydrogens is 276 g/mol. The zero-order valence-corrected chi connectivity index (χ0v) is 15.6. The lowest BCUT2D eigenvalue weighted by atomic mass is 9.99. The molecule has 2 nitrogen and oxygen atoms in total. The first-order valence-corrected chi connectivity index (χ1v) is 10.5. The van der Waals surface area contributed by atoms with Crippen molar-refractivity contribution in [3.05, 3.63) is 29.3 Å². The van der Waals surface area contributed by atoms with E-state index in [1.165, 1.54) is 5.56 Å². The Balaban J connectivity index is 2.37. The molecule has 0 spiro atoms. The number of ether oxygens (including phenoxy) is 1. The van der Waals surface area contributed by atoms with Gasteiger partial charge in [0.2, 0.25) is 8.32 Å². The van der Waals surface area contributed by atoms with Crippen LogP contribution in [0.3, 0.4) is 0 Å². The average molecular weight is 305 g/mol. The zero-order chi connectivity index (χ0) is 16.1. The second kappa shape index (κ2) is 4.91. The Kier molecular flexibility index (Phi) is 3.77. The normalized spacial score (nSPS) is 17.1. The fourth-order valence-corrected chi connectivity index (χ4v) is 3.15. The smallest absolute Gasteiger partial charge is 0.250 e. The maximum Gasteiger partial charge on any atom is 0.250 e. The first-order valence-electron chi connectivity index (χ1n) is 7.63. The maximum absolute atomic E-state index is 6.42. The van der Waals surface area contributed by atoms with Crippen molar-refractivity contribution in [2.45, 2.75) is 65.3 Å². The molecule has 0 radical (unpaired) electrons. The lowest BCUT2D eigenvalue weighted by molar-refractivity contribution is 0.158. The van der Waals surface area contributed by atoms with Crippen molar-refractivity contribution < 1.29 is 9.16 Å². The van der Waals surface area contributed by atoms with Gasteiger partial charge in [-0.25, -0.2) is 0 Å². The highest BCUT2D eigenvalue weighted by atomic mass is 28.4. The largest absolute Gasteiger partial charge is 0.543 e. The third kappa shape index (κ3) is 3.34. The van der Waals surface area contributed by atoms with Gasteiger partial charge in [-0.05, 0) is 56.6 Å². The van der Waals surface area contributed by atoms with Crippen LogP contribution in [0.1, 0.15) is 45.7 Å². The minimum atomic E-state index is -1.82. The molecule has 116 valence electrons. The van der Waals surface area contributed by atoms with Gasteiger partial charge in [0.25, 0.3) is 0 Å². The monoisotopic (exact) mass is 304 g/mol. The van der Waals surface area contributed by atoms with Crippen molar-refractivity contribution >= 4 is 14.4 Å². The summed E-state index contributed by atoms with van der Waals surface area (Å²) in [5, 5.41) is 0.191. The molecule has 1 aliphatic rings. The van der Waals surface area contributed by atoms with E-state index in [1.807, 2.05) is 6.07 Å². The Labute approximate surface area is 130 Å². The van der Waals surface area contributed by atoms with E-state index in [0.717, 1.165) is 17.1 Å². The molecule has 0 unspecified atom stereocenters. The number of rotatable bonds is 2. The number of hydrogen-bond donors (Lipinski definition) is 0. The molecule has 1 heterocycles. The van der Waals surface area contributed by atoms with E-state index < -0.39 is 8.32 Å². The van der Waals surface area contributed by atoms with Gasteiger partial charge in [-0.2, -0.15) is 0 Å². The van der Waals surface area contributed by atoms with Crippen LogP contribution in [0, 0.1) is 6.92 Å². The van der Waals surface area contributed by atoms with E-state index in [1.54, 1.807) is 0 Å². The molecule has 0 fully saturated rings. The van der Waals surface area contributed by atoms with E-state index in [0.29, 0.717) is 0 Å². The molecule has 0 saturated heterocycles. The Morgan fingerprint density at radius 1 is 1.14 bits per heavy atom. The molecule has 3 heteroatoms. The van der Waals surface area contributed by atoms with Crippen molar-refractivity contribution in [2.24, 2.45) is 0 Å². The summed E-state index contributed by atoms with van der Waals surface area (Å²) in [6.45, 7) is 17.6. The van der Waals surface area contributed by atoms with Crippen molar-refractivity contribution in [3.8, 4) is 11.5 Å². The first kappa shape index (κ1) is 16.2. The lowest BCUT2D eigenvalue weighted by Crippen LogP contribution is -2.43. The van der Waals surface area contributed by atoms with Crippen LogP contribution in [0.4, 0.5) is 0 Å². The van der Waals surface area contributed by atoms with Crippen molar-refractivity contribution in [2.75, 3.05) is 0 Å². The highest BCUT2D eigenvalue weighted by molar-refractivity contribution is 6.74. The average Bonchev–Trinajstić information content (AvgIpc) is 2.24. The minimum absolute atomic E-state index is 0.191. The van der Waals surface area contributed by atoms with E-state index >= 15 is 0 Å². The van der Waals surface area contributed by atoms with Gasteiger partial charge in [-0.15, -0.1) is 0 Å². The van der Waals surface area contributed by atoms with Crippen LogP contribution in [0.5, 0.6) is 11.5 Å². The van der Waals surface area contributed by atoms with Crippen molar-refractivity contribution in [1.29, 1.82) is 0 Å². The molecule has 1 aromatic rings. The van der Waals surface area contributed by atoms with Crippen LogP contribution in [0.15, 0.2) is 18.2 Å². The van der Waals surface area contributed by atoms with E-state index in [-0.39, 0.29) is 10.6 Å². The molecule has 0 aliphatic carbocycles. The quantitative estimate of drug-likeness (QED) is 0.666. The Bertz CT molecular complexity index is 578. The van der Waals surface area contributed by atoms with Crippen molar-refractivity contribution in [3.63, 3.8) is 0 Å². The Morgan fingerprint density at radius 2 is 1.76 bits per heavy atom. The summed E-state index contributed by atoms with van der Waals surface area (Å²) in [6, 6.07) is 4.18. The summed E-state index contributed by atoms with van der Waals surface area (Å²) in [4.78, 5) is 0. The van der Waals surface area contributed by atoms with Crippen LogP contribution in [-0.2, 0) is 0 Å². The molecule has 0 aromatic heterocycles. The standard InChI is InChI=1S/C18H28O2Si/c1-13-11-14(20-21(7,8)17(2,3)4)12-16-15(13)9-10-18(5,6)19-16/h9-12H,1-8H3. The number of benzene rings is 1. The molecule has 0 saturated carbocycles. The third-order valence-electron chi connectivity index (χ3n) is 4.53. The maximum atomic E-state index is 6.42. The molecule has 0 amide bonds. The van der Waals surface area contributed by atoms with Crippen LogP contribution in [-0.4, -0.2) is 13.9 Å². The van der Waals surface area contributed by atoms with Gasteiger partial charge in [-0.1, -0.05) is 26.8 Å². The van der Waals surface area contributed by atoms with Gasteiger partial charge < -0.3 is 9.16 Å². The molecule has 1 aliphatic heterocycles. The summed E-state index contributed by atoms with van der Waals surface area (Å²) in [5.41, 5.74) is 2.11. The first-order chi connectivity index (χ1) is 9.41. The van der Waals surface area contributed by atoms with Crippen LogP contribution in [0.25, 0.3) is 6.08 Å². The SMILES string of the molecule is Cc1cc(O[Si](C)(C)C(C)(C)C)cc2c1C=CC(C)(C)O2. The molecule has 2 rings (SSSR count). The molecule has 0 bridgehead atoms. The summed E-state index contributed by atoms with van der Waals surface area (Å²) in [5.74, 6) is 1.86. The van der Waals surface area contributed by atoms with Gasteiger partial charge in [-0.3, -0.25) is 0 Å². The molecule has 21 heavy (non-hydrogen) atoms. The highest BCUT2D eigenvalue weighted by Crippen LogP contribution is 2.41. The number of fused-ring (bicyclic) bond motifs is 1. The van der Waals surface area contributed by atoms with Gasteiger partial charge >= 0.3 is 0 Å². The van der Waals surface area contributed by atoms with Crippen LogP contribution in [0.2, 0.25) is 18.1 Å². The van der Waals surface area contributed by atoms with E-state index in [9.17, 15) is 0 Å². The fraction of sp³-hybridized carbons (Fsp3) is 0.556. The van der Waals surface area contributed by atoms with Crippen molar-refractivity contribution in [1.82, 2.24) is 0 Å². The lowest BCUT2D eigenvalue weighted by Gasteiger charge is -2.37. The topological polar surface area (TPSA) is 18.5 Å². The van der Waals surface area contributed by atoms with Crippen LogP contribution < -0.4 is 9.16 Å². The fourth-order valence-electron chi connectivity index (χ4n) is 2.14. The van der Waals surface area contributed by atoms with Gasteiger partial charge in [0.05, 0.1) is 0 Å². The number of aryl methyl sites for hydroxylation is 1. The number of hydrogen-bond acceptors (Lipinski definition) is 2. The van der Waals surface area contributed by atoms with E-state index in [2.05, 4.69) is 72.9 Å². The van der Waals surface area contributed by atoms with Gasteiger partial charge in [0, 0.05) is 11.6 Å². The van der Waals surface area contributed by atoms with Gasteiger partial charge in [0.15, 0.2) is 0 Å². The minimum Gasteiger partial charge on any atom is -0.543 e.